The van der Waals surface area contributed by atoms with Crippen molar-refractivity contribution in [3.05, 3.63) is 12.2 Å². The third-order valence-electron chi connectivity index (χ3n) is 3.72. The van der Waals surface area contributed by atoms with Crippen LogP contribution >= 0.6 is 0 Å². The summed E-state index contributed by atoms with van der Waals surface area (Å²) in [5.74, 6) is 0.158. The van der Waals surface area contributed by atoms with Gasteiger partial charge in [0, 0.05) is 25.2 Å². The zero-order chi connectivity index (χ0) is 12.1. The van der Waals surface area contributed by atoms with E-state index in [1.807, 2.05) is 0 Å². The van der Waals surface area contributed by atoms with Gasteiger partial charge in [0.15, 0.2) is 0 Å². The van der Waals surface area contributed by atoms with Crippen LogP contribution in [0.4, 0.5) is 0 Å². The van der Waals surface area contributed by atoms with Crippen molar-refractivity contribution in [2.45, 2.75) is 44.2 Å². The number of carbonyl (C=O) groups is 1. The van der Waals surface area contributed by atoms with Gasteiger partial charge in [-0.2, -0.15) is 0 Å². The average molecular weight is 237 g/mol. The Kier molecular flexibility index (Phi) is 4.57. The fraction of sp³-hybridized carbons (Fsp3) is 0.769. The molecule has 1 heterocycles. The third-order valence-corrected chi connectivity index (χ3v) is 3.72. The van der Waals surface area contributed by atoms with Crippen LogP contribution < -0.4 is 11.1 Å². The van der Waals surface area contributed by atoms with E-state index in [0.717, 1.165) is 25.8 Å². The molecule has 0 aromatic heterocycles. The minimum absolute atomic E-state index is 0.158. The Hall–Kier alpha value is -0.870. The molecule has 1 saturated carbocycles. The molecule has 2 rings (SSSR count). The molecule has 0 saturated heterocycles. The van der Waals surface area contributed by atoms with Crippen LogP contribution in [0.2, 0.25) is 0 Å². The Morgan fingerprint density at radius 2 is 2.18 bits per heavy atom. The smallest absolute Gasteiger partial charge is 0.234 e. The van der Waals surface area contributed by atoms with Crippen molar-refractivity contribution in [2.75, 3.05) is 19.6 Å². The summed E-state index contributed by atoms with van der Waals surface area (Å²) in [6, 6.07) is 0.650. The van der Waals surface area contributed by atoms with Gasteiger partial charge in [0.05, 0.1) is 6.54 Å². The number of nitrogens with one attached hydrogen (secondary N) is 1. The summed E-state index contributed by atoms with van der Waals surface area (Å²) >= 11 is 0. The van der Waals surface area contributed by atoms with Crippen LogP contribution in [0.5, 0.6) is 0 Å². The zero-order valence-electron chi connectivity index (χ0n) is 10.4. The van der Waals surface area contributed by atoms with Crippen molar-refractivity contribution in [1.82, 2.24) is 10.2 Å². The summed E-state index contributed by atoms with van der Waals surface area (Å²) in [5.41, 5.74) is 5.71. The van der Waals surface area contributed by atoms with E-state index in [1.54, 1.807) is 0 Å². The molecule has 0 spiro atoms. The van der Waals surface area contributed by atoms with Crippen LogP contribution in [-0.4, -0.2) is 42.5 Å². The number of hydrogen-bond acceptors (Lipinski definition) is 3. The molecule has 2 aliphatic rings. The van der Waals surface area contributed by atoms with Crippen molar-refractivity contribution in [1.29, 1.82) is 0 Å². The third kappa shape index (κ3) is 3.54. The highest BCUT2D eigenvalue weighted by Crippen LogP contribution is 2.17. The van der Waals surface area contributed by atoms with Gasteiger partial charge in [-0.3, -0.25) is 9.69 Å². The fourth-order valence-corrected chi connectivity index (χ4v) is 2.73. The first-order chi connectivity index (χ1) is 8.29. The Morgan fingerprint density at radius 1 is 1.41 bits per heavy atom. The number of rotatable bonds is 4. The Labute approximate surface area is 103 Å². The van der Waals surface area contributed by atoms with E-state index in [0.29, 0.717) is 19.1 Å². The predicted molar refractivity (Wildman–Crippen MR) is 68.6 cm³/mol. The second-order valence-electron chi connectivity index (χ2n) is 5.04. The highest BCUT2D eigenvalue weighted by Gasteiger charge is 2.22. The lowest BCUT2D eigenvalue weighted by Gasteiger charge is -2.31. The molecule has 0 radical (unpaired) electrons. The van der Waals surface area contributed by atoms with Gasteiger partial charge in [0.1, 0.15) is 0 Å². The van der Waals surface area contributed by atoms with E-state index < -0.39 is 0 Å². The molecule has 4 heteroatoms. The lowest BCUT2D eigenvalue weighted by Crippen LogP contribution is -2.48. The molecule has 4 nitrogen and oxygen atoms in total. The normalized spacial score (nSPS) is 26.3. The van der Waals surface area contributed by atoms with E-state index >= 15 is 0 Å². The number of carbonyl (C=O) groups excluding carboxylic acids is 1. The Morgan fingerprint density at radius 3 is 2.88 bits per heavy atom. The maximum Gasteiger partial charge on any atom is 0.234 e. The van der Waals surface area contributed by atoms with Gasteiger partial charge in [-0.05, 0) is 19.3 Å². The first kappa shape index (κ1) is 12.6. The first-order valence-corrected chi connectivity index (χ1v) is 6.69. The standard InChI is InChI=1S/C13H23N3O/c14-9-12-7-3-4-8-16(12)10-13(17)15-11-5-1-2-6-11/h3,7,11-12H,1-2,4-6,8-10,14H2,(H,15,17). The van der Waals surface area contributed by atoms with Gasteiger partial charge >= 0.3 is 0 Å². The maximum atomic E-state index is 11.9. The summed E-state index contributed by atoms with van der Waals surface area (Å²) in [6.45, 7) is 2.02. The van der Waals surface area contributed by atoms with Gasteiger partial charge in [0.25, 0.3) is 0 Å². The molecule has 96 valence electrons. The van der Waals surface area contributed by atoms with E-state index in [1.165, 1.54) is 12.8 Å². The molecule has 1 aliphatic carbocycles. The van der Waals surface area contributed by atoms with Crippen LogP contribution in [0.15, 0.2) is 12.2 Å². The minimum atomic E-state index is 0.158. The number of amides is 1. The van der Waals surface area contributed by atoms with E-state index in [2.05, 4.69) is 22.4 Å². The molecule has 17 heavy (non-hydrogen) atoms. The molecule has 0 aromatic rings. The van der Waals surface area contributed by atoms with E-state index in [-0.39, 0.29) is 11.9 Å². The molecule has 1 unspecified atom stereocenters. The molecular weight excluding hydrogens is 214 g/mol. The molecule has 0 aromatic carbocycles. The van der Waals surface area contributed by atoms with Crippen molar-refractivity contribution in [2.24, 2.45) is 5.73 Å². The molecule has 1 amide bonds. The number of nitrogens with zero attached hydrogens (tertiary/aromatic N) is 1. The second-order valence-corrected chi connectivity index (χ2v) is 5.04. The molecule has 1 aliphatic heterocycles. The van der Waals surface area contributed by atoms with Crippen LogP contribution in [0.25, 0.3) is 0 Å². The van der Waals surface area contributed by atoms with Gasteiger partial charge in [-0.15, -0.1) is 0 Å². The van der Waals surface area contributed by atoms with Gasteiger partial charge in [-0.25, -0.2) is 0 Å². The predicted octanol–water partition coefficient (Wildman–Crippen LogP) is 0.634. The maximum absolute atomic E-state index is 11.9. The van der Waals surface area contributed by atoms with Crippen molar-refractivity contribution in [3.63, 3.8) is 0 Å². The van der Waals surface area contributed by atoms with Crippen LogP contribution in [0.3, 0.4) is 0 Å². The molecule has 1 fully saturated rings. The summed E-state index contributed by atoms with van der Waals surface area (Å²) < 4.78 is 0. The second kappa shape index (κ2) is 6.17. The number of hydrogen-bond donors (Lipinski definition) is 2. The lowest BCUT2D eigenvalue weighted by atomic mass is 10.1. The number of nitrogens with two attached hydrogens (primary N) is 1. The van der Waals surface area contributed by atoms with Gasteiger partial charge < -0.3 is 11.1 Å². The zero-order valence-corrected chi connectivity index (χ0v) is 10.4. The summed E-state index contributed by atoms with van der Waals surface area (Å²) in [6.07, 6.45) is 10.1. The Balaban J connectivity index is 1.78. The topological polar surface area (TPSA) is 58.4 Å². The molecule has 0 bridgehead atoms. The van der Waals surface area contributed by atoms with E-state index in [9.17, 15) is 4.79 Å². The highest BCUT2D eigenvalue weighted by molar-refractivity contribution is 5.78. The summed E-state index contributed by atoms with van der Waals surface area (Å²) in [4.78, 5) is 14.1. The average Bonchev–Trinajstić information content (AvgIpc) is 2.82. The van der Waals surface area contributed by atoms with Gasteiger partial charge in [0.2, 0.25) is 5.91 Å². The Bertz CT molecular complexity index is 284. The van der Waals surface area contributed by atoms with Crippen molar-refractivity contribution < 1.29 is 4.79 Å². The minimum Gasteiger partial charge on any atom is -0.352 e. The van der Waals surface area contributed by atoms with Crippen LogP contribution in [0, 0.1) is 0 Å². The van der Waals surface area contributed by atoms with Gasteiger partial charge in [-0.1, -0.05) is 25.0 Å². The highest BCUT2D eigenvalue weighted by atomic mass is 16.2. The molecule has 3 N–H and O–H groups in total. The SMILES string of the molecule is NCC1C=CCCN1CC(=O)NC1CCCC1. The summed E-state index contributed by atoms with van der Waals surface area (Å²) in [7, 11) is 0. The quantitative estimate of drug-likeness (QED) is 0.705. The largest absolute Gasteiger partial charge is 0.352 e. The van der Waals surface area contributed by atoms with Crippen LogP contribution in [-0.2, 0) is 4.79 Å². The molecular formula is C13H23N3O. The van der Waals surface area contributed by atoms with Crippen molar-refractivity contribution in [3.8, 4) is 0 Å². The summed E-state index contributed by atoms with van der Waals surface area (Å²) in [5, 5.41) is 3.13. The fourth-order valence-electron chi connectivity index (χ4n) is 2.73. The molecule has 1 atom stereocenters. The first-order valence-electron chi connectivity index (χ1n) is 6.69. The lowest BCUT2D eigenvalue weighted by molar-refractivity contribution is -0.123. The van der Waals surface area contributed by atoms with Crippen molar-refractivity contribution >= 4 is 5.91 Å². The monoisotopic (exact) mass is 237 g/mol. The van der Waals surface area contributed by atoms with Crippen LogP contribution in [0.1, 0.15) is 32.1 Å². The van der Waals surface area contributed by atoms with E-state index in [4.69, 9.17) is 5.73 Å².